The summed E-state index contributed by atoms with van der Waals surface area (Å²) >= 11 is 0. The lowest BCUT2D eigenvalue weighted by Crippen LogP contribution is -2.69. The smallest absolute Gasteiger partial charge is 0.249 e. The fourth-order valence-corrected chi connectivity index (χ4v) is 3.82. The molecular weight excluding hydrogens is 240 g/mol. The first-order chi connectivity index (χ1) is 9.16. The van der Waals surface area contributed by atoms with Crippen LogP contribution in [0.3, 0.4) is 0 Å². The third-order valence-corrected chi connectivity index (χ3v) is 5.24. The van der Waals surface area contributed by atoms with Crippen molar-refractivity contribution < 1.29 is 9.59 Å². The topological polar surface area (TPSA) is 49.4 Å². The van der Waals surface area contributed by atoms with Crippen LogP contribution < -0.4 is 5.32 Å². The Hall–Kier alpha value is -1.06. The molecule has 19 heavy (non-hydrogen) atoms. The molecule has 0 aromatic rings. The maximum absolute atomic E-state index is 12.9. The molecule has 4 nitrogen and oxygen atoms in total. The monoisotopic (exact) mass is 264 g/mol. The van der Waals surface area contributed by atoms with Gasteiger partial charge in [-0.3, -0.25) is 9.59 Å². The van der Waals surface area contributed by atoms with Crippen LogP contribution in [0.1, 0.15) is 58.3 Å². The van der Waals surface area contributed by atoms with E-state index in [-0.39, 0.29) is 17.9 Å². The summed E-state index contributed by atoms with van der Waals surface area (Å²) in [7, 11) is 0. The Morgan fingerprint density at radius 3 is 2.42 bits per heavy atom. The van der Waals surface area contributed by atoms with E-state index in [0.29, 0.717) is 5.92 Å². The van der Waals surface area contributed by atoms with E-state index in [2.05, 4.69) is 5.32 Å². The van der Waals surface area contributed by atoms with Gasteiger partial charge in [-0.2, -0.15) is 0 Å². The molecule has 3 aliphatic rings. The first-order valence-corrected chi connectivity index (χ1v) is 7.79. The summed E-state index contributed by atoms with van der Waals surface area (Å²) in [6, 6.07) is -0.237. The molecule has 0 aromatic carbocycles. The summed E-state index contributed by atoms with van der Waals surface area (Å²) in [4.78, 5) is 27.1. The molecule has 1 aliphatic heterocycles. The Morgan fingerprint density at radius 1 is 1.21 bits per heavy atom. The molecule has 0 aromatic heterocycles. The zero-order chi connectivity index (χ0) is 13.5. The highest BCUT2D eigenvalue weighted by Crippen LogP contribution is 2.37. The van der Waals surface area contributed by atoms with Crippen LogP contribution in [0.4, 0.5) is 0 Å². The highest BCUT2D eigenvalue weighted by Gasteiger charge is 2.51. The summed E-state index contributed by atoms with van der Waals surface area (Å²) in [6.07, 6.45) is 8.20. The summed E-state index contributed by atoms with van der Waals surface area (Å²) in [6.45, 7) is 2.80. The number of carbonyl (C=O) groups is 2. The van der Waals surface area contributed by atoms with Crippen LogP contribution in [-0.4, -0.2) is 34.8 Å². The second-order valence-electron chi connectivity index (χ2n) is 6.46. The van der Waals surface area contributed by atoms with Crippen LogP contribution in [0.15, 0.2) is 0 Å². The van der Waals surface area contributed by atoms with Crippen molar-refractivity contribution in [2.24, 2.45) is 5.92 Å². The van der Waals surface area contributed by atoms with E-state index >= 15 is 0 Å². The van der Waals surface area contributed by atoms with Gasteiger partial charge in [0.25, 0.3) is 0 Å². The lowest BCUT2D eigenvalue weighted by molar-refractivity contribution is -0.156. The normalized spacial score (nSPS) is 30.6. The molecule has 2 amide bonds. The summed E-state index contributed by atoms with van der Waals surface area (Å²) in [5.41, 5.74) is -0.549. The van der Waals surface area contributed by atoms with Gasteiger partial charge in [-0.15, -0.1) is 0 Å². The van der Waals surface area contributed by atoms with Crippen LogP contribution in [0.2, 0.25) is 0 Å². The second kappa shape index (κ2) is 4.80. The Morgan fingerprint density at radius 2 is 1.89 bits per heavy atom. The van der Waals surface area contributed by atoms with Gasteiger partial charge in [-0.1, -0.05) is 26.2 Å². The van der Waals surface area contributed by atoms with E-state index in [1.807, 2.05) is 11.8 Å². The highest BCUT2D eigenvalue weighted by atomic mass is 16.2. The number of hydrogen-bond donors (Lipinski definition) is 1. The fourth-order valence-electron chi connectivity index (χ4n) is 3.82. The number of piperazine rings is 1. The van der Waals surface area contributed by atoms with Crippen LogP contribution in [-0.2, 0) is 9.59 Å². The van der Waals surface area contributed by atoms with E-state index in [9.17, 15) is 9.59 Å². The van der Waals surface area contributed by atoms with Gasteiger partial charge in [0.05, 0.1) is 0 Å². The molecule has 0 radical (unpaired) electrons. The molecule has 2 aliphatic carbocycles. The van der Waals surface area contributed by atoms with Crippen molar-refractivity contribution in [1.82, 2.24) is 10.2 Å². The highest BCUT2D eigenvalue weighted by molar-refractivity contribution is 6.00. The van der Waals surface area contributed by atoms with Gasteiger partial charge in [0, 0.05) is 6.54 Å². The Kier molecular flexibility index (Phi) is 3.27. The standard InChI is InChI=1S/C15H24N2O2/c1-2-12-13(18)16-15(8-3-4-9-15)14(19)17(12)10-11-6-5-7-11/h11-12H,2-10H2,1H3,(H,16,18). The minimum Gasteiger partial charge on any atom is -0.340 e. The van der Waals surface area contributed by atoms with Crippen molar-refractivity contribution in [3.63, 3.8) is 0 Å². The van der Waals surface area contributed by atoms with Crippen LogP contribution in [0.5, 0.6) is 0 Å². The number of rotatable bonds is 3. The Bertz CT molecular complexity index is 384. The summed E-state index contributed by atoms with van der Waals surface area (Å²) < 4.78 is 0. The number of hydrogen-bond acceptors (Lipinski definition) is 2. The SMILES string of the molecule is CCC1C(=O)NC2(CCCC2)C(=O)N1CC1CCC1. The van der Waals surface area contributed by atoms with Crippen molar-refractivity contribution in [2.45, 2.75) is 69.9 Å². The van der Waals surface area contributed by atoms with E-state index in [4.69, 9.17) is 0 Å². The van der Waals surface area contributed by atoms with Crippen molar-refractivity contribution in [2.75, 3.05) is 6.54 Å². The Balaban J connectivity index is 1.82. The average Bonchev–Trinajstić information content (AvgIpc) is 2.79. The van der Waals surface area contributed by atoms with Crippen molar-refractivity contribution >= 4 is 11.8 Å². The lowest BCUT2D eigenvalue weighted by atomic mass is 9.83. The quantitative estimate of drug-likeness (QED) is 0.845. The molecule has 3 fully saturated rings. The minimum absolute atomic E-state index is 0.0725. The predicted octanol–water partition coefficient (Wildman–Crippen LogP) is 1.84. The van der Waals surface area contributed by atoms with Gasteiger partial charge in [0.2, 0.25) is 11.8 Å². The molecule has 1 N–H and O–H groups in total. The van der Waals surface area contributed by atoms with Gasteiger partial charge in [0.1, 0.15) is 11.6 Å². The number of carbonyl (C=O) groups excluding carboxylic acids is 2. The largest absolute Gasteiger partial charge is 0.340 e. The molecule has 1 unspecified atom stereocenters. The third-order valence-electron chi connectivity index (χ3n) is 5.24. The number of amides is 2. The first-order valence-electron chi connectivity index (χ1n) is 7.79. The number of nitrogens with zero attached hydrogens (tertiary/aromatic N) is 1. The number of nitrogens with one attached hydrogen (secondary N) is 1. The Labute approximate surface area is 114 Å². The average molecular weight is 264 g/mol. The molecule has 1 atom stereocenters. The molecule has 106 valence electrons. The third kappa shape index (κ3) is 2.05. The van der Waals surface area contributed by atoms with Crippen LogP contribution in [0.25, 0.3) is 0 Å². The molecule has 2 saturated carbocycles. The minimum atomic E-state index is -0.549. The molecule has 1 heterocycles. The lowest BCUT2D eigenvalue weighted by Gasteiger charge is -2.46. The van der Waals surface area contributed by atoms with Gasteiger partial charge in [-0.25, -0.2) is 0 Å². The zero-order valence-electron chi connectivity index (χ0n) is 11.8. The molecule has 4 heteroatoms. The van der Waals surface area contributed by atoms with Crippen molar-refractivity contribution in [1.29, 1.82) is 0 Å². The van der Waals surface area contributed by atoms with Crippen LogP contribution in [0, 0.1) is 5.92 Å². The first kappa shape index (κ1) is 12.9. The van der Waals surface area contributed by atoms with Gasteiger partial charge in [0.15, 0.2) is 0 Å². The zero-order valence-corrected chi connectivity index (χ0v) is 11.8. The van der Waals surface area contributed by atoms with Crippen molar-refractivity contribution in [3.8, 4) is 0 Å². The molecule has 1 saturated heterocycles. The van der Waals surface area contributed by atoms with E-state index in [0.717, 1.165) is 38.6 Å². The van der Waals surface area contributed by atoms with Gasteiger partial charge >= 0.3 is 0 Å². The van der Waals surface area contributed by atoms with E-state index < -0.39 is 5.54 Å². The summed E-state index contributed by atoms with van der Waals surface area (Å²) in [5.74, 6) is 0.897. The summed E-state index contributed by atoms with van der Waals surface area (Å²) in [5, 5.41) is 3.05. The second-order valence-corrected chi connectivity index (χ2v) is 6.46. The molecule has 1 spiro atoms. The van der Waals surface area contributed by atoms with Gasteiger partial charge < -0.3 is 10.2 Å². The molecule has 0 bridgehead atoms. The molecule has 3 rings (SSSR count). The predicted molar refractivity (Wildman–Crippen MR) is 72.5 cm³/mol. The fraction of sp³-hybridized carbons (Fsp3) is 0.867. The van der Waals surface area contributed by atoms with E-state index in [1.165, 1.54) is 19.3 Å². The van der Waals surface area contributed by atoms with Crippen LogP contribution >= 0.6 is 0 Å². The maximum atomic E-state index is 12.9. The maximum Gasteiger partial charge on any atom is 0.249 e. The van der Waals surface area contributed by atoms with E-state index in [1.54, 1.807) is 0 Å². The van der Waals surface area contributed by atoms with Gasteiger partial charge in [-0.05, 0) is 38.0 Å². The van der Waals surface area contributed by atoms with Crippen molar-refractivity contribution in [3.05, 3.63) is 0 Å². The molecular formula is C15H24N2O2.